The van der Waals surface area contributed by atoms with Gasteiger partial charge in [-0.15, -0.1) is 0 Å². The fraction of sp³-hybridized carbons (Fsp3) is 0.300. The molecule has 2 aromatic heterocycles. The first-order valence-electron chi connectivity index (χ1n) is 8.59. The Labute approximate surface area is 159 Å². The van der Waals surface area contributed by atoms with E-state index in [4.69, 9.17) is 0 Å². The lowest BCUT2D eigenvalue weighted by Crippen LogP contribution is -2.20. The Hall–Kier alpha value is -2.90. The van der Waals surface area contributed by atoms with Crippen LogP contribution in [0.2, 0.25) is 0 Å². The highest BCUT2D eigenvalue weighted by Crippen LogP contribution is 2.34. The molecule has 148 valence electrons. The molecule has 1 aromatic carbocycles. The number of amides is 1. The molecule has 8 heteroatoms. The van der Waals surface area contributed by atoms with Crippen molar-refractivity contribution in [2.24, 2.45) is 5.41 Å². The zero-order valence-corrected chi connectivity index (χ0v) is 15.6. The Kier molecular flexibility index (Phi) is 4.91. The smallest absolute Gasteiger partial charge is 0.309 e. The van der Waals surface area contributed by atoms with Gasteiger partial charge in [-0.25, -0.2) is 9.37 Å². The van der Waals surface area contributed by atoms with Crippen molar-refractivity contribution in [3.05, 3.63) is 54.0 Å². The zero-order valence-electron chi connectivity index (χ0n) is 15.6. The summed E-state index contributed by atoms with van der Waals surface area (Å²) in [5.74, 6) is -0.658. The van der Waals surface area contributed by atoms with Crippen molar-refractivity contribution in [2.75, 3.05) is 5.32 Å². The Morgan fingerprint density at radius 1 is 1.07 bits per heavy atom. The first-order chi connectivity index (χ1) is 12.9. The minimum absolute atomic E-state index is 0.166. The molecular formula is C20H19F4N3O. The molecule has 0 fully saturated rings. The van der Waals surface area contributed by atoms with Crippen molar-refractivity contribution in [1.29, 1.82) is 0 Å². The second kappa shape index (κ2) is 6.92. The maximum Gasteiger partial charge on any atom is 0.416 e. The van der Waals surface area contributed by atoms with E-state index < -0.39 is 17.6 Å². The van der Waals surface area contributed by atoms with Crippen LogP contribution < -0.4 is 5.32 Å². The third-order valence-electron chi connectivity index (χ3n) is 4.02. The van der Waals surface area contributed by atoms with Crippen molar-refractivity contribution in [3.63, 3.8) is 0 Å². The van der Waals surface area contributed by atoms with Crippen LogP contribution in [0.5, 0.6) is 0 Å². The lowest BCUT2D eigenvalue weighted by atomic mass is 9.92. The van der Waals surface area contributed by atoms with E-state index in [1.165, 1.54) is 34.9 Å². The zero-order chi connectivity index (χ0) is 20.7. The average Bonchev–Trinajstić information content (AvgIpc) is 2.89. The SMILES string of the molecule is CC(C)(C)CC(=O)Nc1nc2ccc(F)cn2c1-c1ccc(C(F)(F)F)cc1. The van der Waals surface area contributed by atoms with Crippen molar-refractivity contribution in [3.8, 4) is 11.3 Å². The Balaban J connectivity index is 2.08. The van der Waals surface area contributed by atoms with Crippen LogP contribution >= 0.6 is 0 Å². The topological polar surface area (TPSA) is 46.4 Å². The van der Waals surface area contributed by atoms with Gasteiger partial charge in [0.2, 0.25) is 5.91 Å². The Bertz CT molecular complexity index is 1010. The summed E-state index contributed by atoms with van der Waals surface area (Å²) in [4.78, 5) is 16.7. The summed E-state index contributed by atoms with van der Waals surface area (Å²) < 4.78 is 53.7. The number of fused-ring (bicyclic) bond motifs is 1. The number of rotatable bonds is 3. The van der Waals surface area contributed by atoms with Crippen LogP contribution in [-0.2, 0) is 11.0 Å². The Morgan fingerprint density at radius 3 is 2.29 bits per heavy atom. The molecule has 3 aromatic rings. The number of hydrogen-bond acceptors (Lipinski definition) is 2. The second-order valence-electron chi connectivity index (χ2n) is 7.75. The van der Waals surface area contributed by atoms with Crippen LogP contribution in [-0.4, -0.2) is 15.3 Å². The van der Waals surface area contributed by atoms with Gasteiger partial charge in [-0.1, -0.05) is 32.9 Å². The van der Waals surface area contributed by atoms with Crippen LogP contribution in [0.15, 0.2) is 42.6 Å². The summed E-state index contributed by atoms with van der Waals surface area (Å²) in [5.41, 5.74) is -0.0104. The minimum Gasteiger partial charge on any atom is -0.309 e. The van der Waals surface area contributed by atoms with Crippen LogP contribution in [0.1, 0.15) is 32.8 Å². The lowest BCUT2D eigenvalue weighted by Gasteiger charge is -2.17. The number of nitrogens with one attached hydrogen (secondary N) is 1. The van der Waals surface area contributed by atoms with Gasteiger partial charge in [-0.05, 0) is 29.7 Å². The lowest BCUT2D eigenvalue weighted by molar-refractivity contribution is -0.137. The summed E-state index contributed by atoms with van der Waals surface area (Å²) in [7, 11) is 0. The van der Waals surface area contributed by atoms with E-state index in [0.29, 0.717) is 16.9 Å². The monoisotopic (exact) mass is 393 g/mol. The standard InChI is InChI=1S/C20H19F4N3O/c1-19(2,3)10-16(28)26-18-17(27-11-14(21)8-9-15(27)25-18)12-4-6-13(7-5-12)20(22,23)24/h4-9,11H,10H2,1-3H3,(H,26,28). The summed E-state index contributed by atoms with van der Waals surface area (Å²) in [6, 6.07) is 7.08. The first-order valence-corrected chi connectivity index (χ1v) is 8.59. The molecule has 0 aliphatic carbocycles. The van der Waals surface area contributed by atoms with Crippen LogP contribution in [0.3, 0.4) is 0 Å². The number of carbonyl (C=O) groups excluding carboxylic acids is 1. The van der Waals surface area contributed by atoms with Crippen LogP contribution in [0.25, 0.3) is 16.9 Å². The van der Waals surface area contributed by atoms with Gasteiger partial charge in [-0.2, -0.15) is 13.2 Å². The molecular weight excluding hydrogens is 374 g/mol. The summed E-state index contributed by atoms with van der Waals surface area (Å²) in [5, 5.41) is 2.70. The van der Waals surface area contributed by atoms with Gasteiger partial charge in [0.1, 0.15) is 11.5 Å². The fourth-order valence-electron chi connectivity index (χ4n) is 2.86. The highest BCUT2D eigenvalue weighted by molar-refractivity contribution is 5.94. The summed E-state index contributed by atoms with van der Waals surface area (Å²) in [6.07, 6.45) is -3.07. The number of carbonyl (C=O) groups is 1. The van der Waals surface area contributed by atoms with Gasteiger partial charge >= 0.3 is 6.18 Å². The number of pyridine rings is 1. The van der Waals surface area contributed by atoms with E-state index in [9.17, 15) is 22.4 Å². The molecule has 0 radical (unpaired) electrons. The van der Waals surface area contributed by atoms with Gasteiger partial charge in [-0.3, -0.25) is 9.20 Å². The van der Waals surface area contributed by atoms with E-state index in [-0.39, 0.29) is 23.6 Å². The molecule has 1 N–H and O–H groups in total. The van der Waals surface area contributed by atoms with E-state index in [1.807, 2.05) is 20.8 Å². The fourth-order valence-corrected chi connectivity index (χ4v) is 2.86. The van der Waals surface area contributed by atoms with E-state index >= 15 is 0 Å². The van der Waals surface area contributed by atoms with Crippen molar-refractivity contribution < 1.29 is 22.4 Å². The maximum absolute atomic E-state index is 13.8. The van der Waals surface area contributed by atoms with Gasteiger partial charge in [0, 0.05) is 18.2 Å². The summed E-state index contributed by atoms with van der Waals surface area (Å²) >= 11 is 0. The number of hydrogen-bond donors (Lipinski definition) is 1. The third-order valence-corrected chi connectivity index (χ3v) is 4.02. The summed E-state index contributed by atoms with van der Waals surface area (Å²) in [6.45, 7) is 5.72. The highest BCUT2D eigenvalue weighted by Gasteiger charge is 2.30. The van der Waals surface area contributed by atoms with Crippen molar-refractivity contribution in [1.82, 2.24) is 9.38 Å². The van der Waals surface area contributed by atoms with Gasteiger partial charge in [0.05, 0.1) is 11.3 Å². The molecule has 28 heavy (non-hydrogen) atoms. The van der Waals surface area contributed by atoms with E-state index in [1.54, 1.807) is 0 Å². The average molecular weight is 393 g/mol. The third kappa shape index (κ3) is 4.32. The van der Waals surface area contributed by atoms with Gasteiger partial charge in [0.15, 0.2) is 5.82 Å². The van der Waals surface area contributed by atoms with Crippen LogP contribution in [0, 0.1) is 11.2 Å². The molecule has 0 aliphatic heterocycles. The number of halogens is 4. The number of aromatic nitrogens is 2. The largest absolute Gasteiger partial charge is 0.416 e. The highest BCUT2D eigenvalue weighted by atomic mass is 19.4. The molecule has 0 unspecified atom stereocenters. The molecule has 3 rings (SSSR count). The quantitative estimate of drug-likeness (QED) is 0.595. The second-order valence-corrected chi connectivity index (χ2v) is 7.75. The number of nitrogens with zero attached hydrogens (tertiary/aromatic N) is 2. The predicted octanol–water partition coefficient (Wildman–Crippen LogP) is 5.53. The Morgan fingerprint density at radius 2 is 1.71 bits per heavy atom. The van der Waals surface area contributed by atoms with Crippen molar-refractivity contribution >= 4 is 17.4 Å². The van der Waals surface area contributed by atoms with Gasteiger partial charge < -0.3 is 5.32 Å². The molecule has 0 saturated carbocycles. The maximum atomic E-state index is 13.8. The molecule has 0 bridgehead atoms. The number of anilines is 1. The molecule has 1 amide bonds. The van der Waals surface area contributed by atoms with E-state index in [0.717, 1.165) is 12.1 Å². The molecule has 0 spiro atoms. The molecule has 4 nitrogen and oxygen atoms in total. The molecule has 2 heterocycles. The molecule has 0 aliphatic rings. The predicted molar refractivity (Wildman–Crippen MR) is 98.3 cm³/mol. The number of benzene rings is 1. The molecule has 0 atom stereocenters. The molecule has 0 saturated heterocycles. The van der Waals surface area contributed by atoms with E-state index in [2.05, 4.69) is 10.3 Å². The first kappa shape index (κ1) is 19.9. The van der Waals surface area contributed by atoms with Gasteiger partial charge in [0.25, 0.3) is 0 Å². The van der Waals surface area contributed by atoms with Crippen LogP contribution in [0.4, 0.5) is 23.4 Å². The van der Waals surface area contributed by atoms with Crippen molar-refractivity contribution in [2.45, 2.75) is 33.4 Å². The normalized spacial score (nSPS) is 12.4. The number of alkyl halides is 3. The number of imidazole rings is 1. The minimum atomic E-state index is -4.46.